The summed E-state index contributed by atoms with van der Waals surface area (Å²) in [6.45, 7) is 4.05. The van der Waals surface area contributed by atoms with Crippen molar-refractivity contribution in [3.05, 3.63) is 41.5 Å². The fraction of sp³-hybridized carbons (Fsp3) is 0.167. The van der Waals surface area contributed by atoms with Gasteiger partial charge in [0.05, 0.1) is 5.69 Å². The lowest BCUT2D eigenvalue weighted by Crippen LogP contribution is -1.97. The zero-order valence-electron chi connectivity index (χ0n) is 8.86. The third kappa shape index (κ3) is 1.96. The van der Waals surface area contributed by atoms with Gasteiger partial charge in [-0.2, -0.15) is 0 Å². The molecule has 0 aliphatic carbocycles. The van der Waals surface area contributed by atoms with Crippen molar-refractivity contribution in [3.8, 4) is 11.3 Å². The molecule has 15 heavy (non-hydrogen) atoms. The third-order valence-electron chi connectivity index (χ3n) is 2.33. The molecule has 0 bridgehead atoms. The number of rotatable bonds is 1. The van der Waals surface area contributed by atoms with Crippen LogP contribution in [0.1, 0.15) is 11.1 Å². The van der Waals surface area contributed by atoms with Crippen molar-refractivity contribution < 1.29 is 0 Å². The lowest BCUT2D eigenvalue weighted by molar-refractivity contribution is 1.03. The van der Waals surface area contributed by atoms with Crippen LogP contribution in [0.4, 0.5) is 5.82 Å². The van der Waals surface area contributed by atoms with Crippen LogP contribution in [0.15, 0.2) is 30.3 Å². The number of hydrogen-bond acceptors (Lipinski definition) is 3. The van der Waals surface area contributed by atoms with Crippen LogP contribution in [0.3, 0.4) is 0 Å². The molecule has 0 aliphatic heterocycles. The average Bonchev–Trinajstić information content (AvgIpc) is 2.20. The second-order valence-electron chi connectivity index (χ2n) is 3.67. The molecule has 1 aromatic heterocycles. The van der Waals surface area contributed by atoms with Crippen molar-refractivity contribution in [2.45, 2.75) is 13.8 Å². The van der Waals surface area contributed by atoms with Gasteiger partial charge in [0.15, 0.2) is 0 Å². The summed E-state index contributed by atoms with van der Waals surface area (Å²) >= 11 is 0. The summed E-state index contributed by atoms with van der Waals surface area (Å²) in [5.74, 6) is 0.461. The maximum atomic E-state index is 5.56. The monoisotopic (exact) mass is 199 g/mol. The van der Waals surface area contributed by atoms with E-state index >= 15 is 0 Å². The maximum Gasteiger partial charge on any atom is 0.146 e. The molecule has 0 amide bonds. The first-order chi connectivity index (χ1) is 7.16. The van der Waals surface area contributed by atoms with E-state index in [1.54, 1.807) is 0 Å². The predicted molar refractivity (Wildman–Crippen MR) is 61.4 cm³/mol. The average molecular weight is 199 g/mol. The van der Waals surface area contributed by atoms with Gasteiger partial charge in [-0.15, -0.1) is 10.2 Å². The van der Waals surface area contributed by atoms with Gasteiger partial charge in [-0.25, -0.2) is 0 Å². The quantitative estimate of drug-likeness (QED) is 0.767. The van der Waals surface area contributed by atoms with Crippen molar-refractivity contribution in [2.75, 3.05) is 5.73 Å². The van der Waals surface area contributed by atoms with Crippen LogP contribution in [0.5, 0.6) is 0 Å². The first-order valence-corrected chi connectivity index (χ1v) is 4.83. The first kappa shape index (κ1) is 9.65. The minimum Gasteiger partial charge on any atom is -0.382 e. The molecule has 0 unspecified atom stereocenters. The maximum absolute atomic E-state index is 5.56. The Labute approximate surface area is 89.0 Å². The van der Waals surface area contributed by atoms with E-state index in [0.29, 0.717) is 5.82 Å². The minimum atomic E-state index is 0.461. The molecule has 0 radical (unpaired) electrons. The van der Waals surface area contributed by atoms with Crippen molar-refractivity contribution >= 4 is 5.82 Å². The summed E-state index contributed by atoms with van der Waals surface area (Å²) in [6.07, 6.45) is 0. The molecule has 3 nitrogen and oxygen atoms in total. The normalized spacial score (nSPS) is 10.3. The van der Waals surface area contributed by atoms with E-state index in [9.17, 15) is 0 Å². The highest BCUT2D eigenvalue weighted by molar-refractivity contribution is 5.63. The summed E-state index contributed by atoms with van der Waals surface area (Å²) in [5.41, 5.74) is 9.81. The van der Waals surface area contributed by atoms with Crippen molar-refractivity contribution in [2.24, 2.45) is 0 Å². The molecule has 76 valence electrons. The molecule has 0 atom stereocenters. The zero-order chi connectivity index (χ0) is 10.8. The minimum absolute atomic E-state index is 0.461. The fourth-order valence-electron chi connectivity index (χ4n) is 1.50. The van der Waals surface area contributed by atoms with Gasteiger partial charge in [0, 0.05) is 5.56 Å². The second kappa shape index (κ2) is 3.69. The Morgan fingerprint density at radius 1 is 1.00 bits per heavy atom. The SMILES string of the molecule is Cc1ccc(-c2nnc(N)cc2C)cc1. The van der Waals surface area contributed by atoms with Gasteiger partial charge in [0.1, 0.15) is 5.82 Å². The van der Waals surface area contributed by atoms with Crippen LogP contribution >= 0.6 is 0 Å². The van der Waals surface area contributed by atoms with Crippen LogP contribution in [-0.2, 0) is 0 Å². The summed E-state index contributed by atoms with van der Waals surface area (Å²) in [4.78, 5) is 0. The number of nitrogens with two attached hydrogens (primary N) is 1. The molecule has 0 saturated heterocycles. The number of benzene rings is 1. The molecule has 3 heteroatoms. The van der Waals surface area contributed by atoms with E-state index < -0.39 is 0 Å². The van der Waals surface area contributed by atoms with Gasteiger partial charge in [0.2, 0.25) is 0 Å². The highest BCUT2D eigenvalue weighted by Crippen LogP contribution is 2.21. The molecular weight excluding hydrogens is 186 g/mol. The highest BCUT2D eigenvalue weighted by Gasteiger charge is 2.04. The molecule has 2 aromatic rings. The summed E-state index contributed by atoms with van der Waals surface area (Å²) in [7, 11) is 0. The van der Waals surface area contributed by atoms with Crippen LogP contribution in [0.2, 0.25) is 0 Å². The Balaban J connectivity index is 2.49. The number of nitrogens with zero attached hydrogens (tertiary/aromatic N) is 2. The Hall–Kier alpha value is -1.90. The number of aromatic nitrogens is 2. The van der Waals surface area contributed by atoms with E-state index in [1.165, 1.54) is 5.56 Å². The summed E-state index contributed by atoms with van der Waals surface area (Å²) in [5, 5.41) is 7.97. The molecule has 1 heterocycles. The first-order valence-electron chi connectivity index (χ1n) is 4.83. The topological polar surface area (TPSA) is 51.8 Å². The van der Waals surface area contributed by atoms with Crippen LogP contribution in [-0.4, -0.2) is 10.2 Å². The van der Waals surface area contributed by atoms with Crippen molar-refractivity contribution in [1.82, 2.24) is 10.2 Å². The van der Waals surface area contributed by atoms with E-state index in [0.717, 1.165) is 16.8 Å². The van der Waals surface area contributed by atoms with Gasteiger partial charge in [-0.3, -0.25) is 0 Å². The van der Waals surface area contributed by atoms with Crippen LogP contribution in [0.25, 0.3) is 11.3 Å². The standard InChI is InChI=1S/C12H13N3/c1-8-3-5-10(6-4-8)12-9(2)7-11(13)14-15-12/h3-7H,1-2H3,(H2,13,14). The molecule has 2 rings (SSSR count). The van der Waals surface area contributed by atoms with E-state index in [2.05, 4.69) is 29.3 Å². The Morgan fingerprint density at radius 2 is 1.67 bits per heavy atom. The zero-order valence-corrected chi connectivity index (χ0v) is 8.86. The van der Waals surface area contributed by atoms with Gasteiger partial charge < -0.3 is 5.73 Å². The van der Waals surface area contributed by atoms with E-state index in [1.807, 2.05) is 25.1 Å². The Kier molecular flexibility index (Phi) is 2.37. The molecular formula is C12H13N3. The Morgan fingerprint density at radius 3 is 2.27 bits per heavy atom. The number of aryl methyl sites for hydroxylation is 2. The van der Waals surface area contributed by atoms with Crippen LogP contribution < -0.4 is 5.73 Å². The van der Waals surface area contributed by atoms with Gasteiger partial charge in [0.25, 0.3) is 0 Å². The molecule has 0 spiro atoms. The molecule has 1 aromatic carbocycles. The number of hydrogen-bond donors (Lipinski definition) is 1. The summed E-state index contributed by atoms with van der Waals surface area (Å²) in [6, 6.07) is 10.0. The largest absolute Gasteiger partial charge is 0.382 e. The lowest BCUT2D eigenvalue weighted by atomic mass is 10.1. The van der Waals surface area contributed by atoms with E-state index in [-0.39, 0.29) is 0 Å². The van der Waals surface area contributed by atoms with Gasteiger partial charge in [-0.1, -0.05) is 29.8 Å². The molecule has 2 N–H and O–H groups in total. The van der Waals surface area contributed by atoms with Crippen molar-refractivity contribution in [1.29, 1.82) is 0 Å². The second-order valence-corrected chi connectivity index (χ2v) is 3.67. The molecule has 0 fully saturated rings. The lowest BCUT2D eigenvalue weighted by Gasteiger charge is -2.04. The Bertz CT molecular complexity index is 475. The molecule has 0 aliphatic rings. The predicted octanol–water partition coefficient (Wildman–Crippen LogP) is 2.34. The number of nitrogen functional groups attached to an aromatic ring is 1. The third-order valence-corrected chi connectivity index (χ3v) is 2.33. The fourth-order valence-corrected chi connectivity index (χ4v) is 1.50. The van der Waals surface area contributed by atoms with Gasteiger partial charge in [-0.05, 0) is 25.5 Å². The highest BCUT2D eigenvalue weighted by atomic mass is 15.1. The van der Waals surface area contributed by atoms with E-state index in [4.69, 9.17) is 5.73 Å². The van der Waals surface area contributed by atoms with Crippen molar-refractivity contribution in [3.63, 3.8) is 0 Å². The summed E-state index contributed by atoms with van der Waals surface area (Å²) < 4.78 is 0. The van der Waals surface area contributed by atoms with Crippen LogP contribution in [0, 0.1) is 13.8 Å². The number of anilines is 1. The van der Waals surface area contributed by atoms with Gasteiger partial charge >= 0.3 is 0 Å². The smallest absolute Gasteiger partial charge is 0.146 e. The molecule has 0 saturated carbocycles.